The molecule has 1 aromatic heterocycles. The van der Waals surface area contributed by atoms with Gasteiger partial charge in [-0.25, -0.2) is 9.78 Å². The highest BCUT2D eigenvalue weighted by molar-refractivity contribution is 7.17. The van der Waals surface area contributed by atoms with Gasteiger partial charge in [0.05, 0.1) is 12.3 Å². The molecule has 3 rings (SSSR count). The highest BCUT2D eigenvalue weighted by atomic mass is 35.5. The summed E-state index contributed by atoms with van der Waals surface area (Å²) in [7, 11) is 0. The van der Waals surface area contributed by atoms with Crippen molar-refractivity contribution >= 4 is 51.5 Å². The Morgan fingerprint density at radius 3 is 2.61 bits per heavy atom. The number of nitrogens with zero attached hydrogens (tertiary/aromatic N) is 3. The van der Waals surface area contributed by atoms with Gasteiger partial charge in [0.1, 0.15) is 4.88 Å². The predicted molar refractivity (Wildman–Crippen MR) is 121 cm³/mol. The number of rotatable bonds is 7. The average molecular weight is 465 g/mol. The fourth-order valence-electron chi connectivity index (χ4n) is 3.28. The van der Waals surface area contributed by atoms with Crippen molar-refractivity contribution in [3.63, 3.8) is 0 Å². The molecule has 1 aromatic carbocycles. The molecular weight excluding hydrogens is 440 g/mol. The summed E-state index contributed by atoms with van der Waals surface area (Å²) < 4.78 is 4.97. The van der Waals surface area contributed by atoms with Crippen molar-refractivity contribution < 1.29 is 19.1 Å². The predicted octanol–water partition coefficient (Wildman–Crippen LogP) is 3.35. The first-order valence-corrected chi connectivity index (χ1v) is 11.3. The van der Waals surface area contributed by atoms with Gasteiger partial charge >= 0.3 is 5.97 Å². The van der Waals surface area contributed by atoms with Crippen molar-refractivity contribution in [1.82, 2.24) is 9.88 Å². The number of hydrogen-bond acceptors (Lipinski definition) is 7. The molecule has 1 N–H and O–H groups in total. The van der Waals surface area contributed by atoms with E-state index in [0.29, 0.717) is 46.9 Å². The number of halogens is 1. The van der Waals surface area contributed by atoms with Crippen LogP contribution in [0.1, 0.15) is 35.1 Å². The van der Waals surface area contributed by atoms with Gasteiger partial charge < -0.3 is 19.9 Å². The van der Waals surface area contributed by atoms with E-state index in [1.165, 1.54) is 0 Å². The highest BCUT2D eigenvalue weighted by Gasteiger charge is 2.22. The first-order valence-electron chi connectivity index (χ1n) is 10.1. The smallest absolute Gasteiger partial charge is 0.350 e. The molecule has 2 aromatic rings. The van der Waals surface area contributed by atoms with Crippen molar-refractivity contribution in [2.24, 2.45) is 0 Å². The van der Waals surface area contributed by atoms with Gasteiger partial charge in [0, 0.05) is 49.7 Å². The number of hydrogen-bond donors (Lipinski definition) is 1. The first kappa shape index (κ1) is 23.0. The van der Waals surface area contributed by atoms with Gasteiger partial charge in [-0.15, -0.1) is 0 Å². The first-order chi connectivity index (χ1) is 14.9. The SMILES string of the molecule is CCOC(=O)c1sc(NC(=O)CCC(=O)N2CCN(c3cccc(Cl)c3)CC2)nc1C. The summed E-state index contributed by atoms with van der Waals surface area (Å²) in [6.45, 7) is 6.31. The molecule has 31 heavy (non-hydrogen) atoms. The molecule has 1 aliphatic rings. The van der Waals surface area contributed by atoms with Crippen LogP contribution in [0.4, 0.5) is 10.8 Å². The van der Waals surface area contributed by atoms with Gasteiger partial charge in [-0.3, -0.25) is 9.59 Å². The lowest BCUT2D eigenvalue weighted by Crippen LogP contribution is -2.48. The molecule has 0 bridgehead atoms. The topological polar surface area (TPSA) is 91.8 Å². The summed E-state index contributed by atoms with van der Waals surface area (Å²) in [5.41, 5.74) is 1.55. The standard InChI is InChI=1S/C21H25ClN4O4S/c1-3-30-20(29)19-14(2)23-21(31-19)24-17(27)7-8-18(28)26-11-9-25(10-12-26)16-6-4-5-15(22)13-16/h4-6,13H,3,7-12H2,1-2H3,(H,23,24,27). The third-order valence-corrected chi connectivity index (χ3v) is 6.16. The number of amides is 2. The van der Waals surface area contributed by atoms with Crippen molar-refractivity contribution in [3.8, 4) is 0 Å². The monoisotopic (exact) mass is 464 g/mol. The number of carbonyl (C=O) groups is 3. The summed E-state index contributed by atoms with van der Waals surface area (Å²) in [4.78, 5) is 45.1. The second-order valence-corrected chi connectivity index (χ2v) is 8.49. The number of ether oxygens (including phenoxy) is 1. The molecule has 0 aliphatic carbocycles. The maximum Gasteiger partial charge on any atom is 0.350 e. The number of nitrogens with one attached hydrogen (secondary N) is 1. The van der Waals surface area contributed by atoms with E-state index in [1.54, 1.807) is 18.7 Å². The van der Waals surface area contributed by atoms with Crippen LogP contribution >= 0.6 is 22.9 Å². The zero-order valence-corrected chi connectivity index (χ0v) is 19.1. The van der Waals surface area contributed by atoms with Crippen LogP contribution < -0.4 is 10.2 Å². The number of aromatic nitrogens is 1. The van der Waals surface area contributed by atoms with Crippen LogP contribution in [-0.4, -0.2) is 60.5 Å². The molecule has 2 heterocycles. The molecule has 0 spiro atoms. The Morgan fingerprint density at radius 1 is 1.19 bits per heavy atom. The van der Waals surface area contributed by atoms with E-state index < -0.39 is 5.97 Å². The van der Waals surface area contributed by atoms with Gasteiger partial charge in [-0.1, -0.05) is 29.0 Å². The molecule has 0 radical (unpaired) electrons. The molecule has 166 valence electrons. The Labute approximate surface area is 190 Å². The molecule has 0 atom stereocenters. The molecule has 1 saturated heterocycles. The lowest BCUT2D eigenvalue weighted by Gasteiger charge is -2.36. The number of esters is 1. The fraction of sp³-hybridized carbons (Fsp3) is 0.429. The van der Waals surface area contributed by atoms with E-state index in [4.69, 9.17) is 16.3 Å². The minimum absolute atomic E-state index is 0.0524. The molecule has 0 unspecified atom stereocenters. The highest BCUT2D eigenvalue weighted by Crippen LogP contribution is 2.24. The second-order valence-electron chi connectivity index (χ2n) is 7.05. The van der Waals surface area contributed by atoms with E-state index in [-0.39, 0.29) is 31.3 Å². The fourth-order valence-corrected chi connectivity index (χ4v) is 4.34. The van der Waals surface area contributed by atoms with Crippen molar-refractivity contribution in [3.05, 3.63) is 39.9 Å². The molecule has 1 aliphatic heterocycles. The van der Waals surface area contributed by atoms with E-state index in [2.05, 4.69) is 15.2 Å². The lowest BCUT2D eigenvalue weighted by molar-refractivity contribution is -0.133. The number of thiazole rings is 1. The number of piperazine rings is 1. The molecule has 0 saturated carbocycles. The largest absolute Gasteiger partial charge is 0.462 e. The van der Waals surface area contributed by atoms with Gasteiger partial charge in [0.15, 0.2) is 5.13 Å². The Hall–Kier alpha value is -2.65. The third kappa shape index (κ3) is 6.18. The summed E-state index contributed by atoms with van der Waals surface area (Å²) in [5.74, 6) is -0.816. The number of aryl methyl sites for hydroxylation is 1. The van der Waals surface area contributed by atoms with Crippen LogP contribution in [0, 0.1) is 6.92 Å². The van der Waals surface area contributed by atoms with Crippen LogP contribution in [0.2, 0.25) is 5.02 Å². The Balaban J connectivity index is 1.44. The molecule has 8 nitrogen and oxygen atoms in total. The third-order valence-electron chi connectivity index (χ3n) is 4.88. The van der Waals surface area contributed by atoms with Crippen molar-refractivity contribution in [1.29, 1.82) is 0 Å². The van der Waals surface area contributed by atoms with Crippen LogP contribution in [0.25, 0.3) is 0 Å². The van der Waals surface area contributed by atoms with Gasteiger partial charge in [0.25, 0.3) is 0 Å². The van der Waals surface area contributed by atoms with Gasteiger partial charge in [-0.05, 0) is 32.0 Å². The number of carbonyl (C=O) groups excluding carboxylic acids is 3. The Kier molecular flexibility index (Phi) is 7.86. The maximum absolute atomic E-state index is 12.5. The van der Waals surface area contributed by atoms with Crippen molar-refractivity contribution in [2.45, 2.75) is 26.7 Å². The number of anilines is 2. The van der Waals surface area contributed by atoms with E-state index in [0.717, 1.165) is 17.0 Å². The van der Waals surface area contributed by atoms with Gasteiger partial charge in [-0.2, -0.15) is 0 Å². The van der Waals surface area contributed by atoms with Crippen LogP contribution in [0.5, 0.6) is 0 Å². The zero-order chi connectivity index (χ0) is 22.4. The van der Waals surface area contributed by atoms with Crippen LogP contribution in [-0.2, 0) is 14.3 Å². The maximum atomic E-state index is 12.5. The minimum atomic E-state index is -0.454. The van der Waals surface area contributed by atoms with Crippen LogP contribution in [0.15, 0.2) is 24.3 Å². The molecule has 1 fully saturated rings. The van der Waals surface area contributed by atoms with Crippen molar-refractivity contribution in [2.75, 3.05) is 43.0 Å². The Bertz CT molecular complexity index is 957. The lowest BCUT2D eigenvalue weighted by atomic mass is 10.2. The summed E-state index contributed by atoms with van der Waals surface area (Å²) in [6, 6.07) is 7.66. The summed E-state index contributed by atoms with van der Waals surface area (Å²) in [6.07, 6.45) is 0.179. The second kappa shape index (κ2) is 10.6. The van der Waals surface area contributed by atoms with Gasteiger partial charge in [0.2, 0.25) is 11.8 Å². The van der Waals surface area contributed by atoms with Crippen LogP contribution in [0.3, 0.4) is 0 Å². The Morgan fingerprint density at radius 2 is 1.94 bits per heavy atom. The normalized spacial score (nSPS) is 13.8. The summed E-state index contributed by atoms with van der Waals surface area (Å²) >= 11 is 7.13. The molecule has 10 heteroatoms. The summed E-state index contributed by atoms with van der Waals surface area (Å²) in [5, 5.41) is 3.68. The van der Waals surface area contributed by atoms with E-state index >= 15 is 0 Å². The average Bonchev–Trinajstić information content (AvgIpc) is 3.12. The molecule has 2 amide bonds. The van der Waals surface area contributed by atoms with E-state index in [9.17, 15) is 14.4 Å². The zero-order valence-electron chi connectivity index (χ0n) is 17.5. The molecular formula is C21H25ClN4O4S. The number of benzene rings is 1. The van der Waals surface area contributed by atoms with E-state index in [1.807, 2.05) is 24.3 Å². The quantitative estimate of drug-likeness (QED) is 0.632. The minimum Gasteiger partial charge on any atom is -0.462 e.